The summed E-state index contributed by atoms with van der Waals surface area (Å²) in [6.07, 6.45) is 5.03. The van der Waals surface area contributed by atoms with Gasteiger partial charge in [-0.1, -0.05) is 42.5 Å². The molecule has 0 spiro atoms. The molecule has 2 aliphatic rings. The van der Waals surface area contributed by atoms with Crippen molar-refractivity contribution in [1.82, 2.24) is 0 Å². The van der Waals surface area contributed by atoms with Gasteiger partial charge in [-0.15, -0.1) is 0 Å². The highest BCUT2D eigenvalue weighted by atomic mass is 32.2. The number of rotatable bonds is 2. The topological polar surface area (TPSA) is 0 Å². The molecule has 1 nitrogen and oxygen atoms in total. The van der Waals surface area contributed by atoms with Crippen LogP contribution in [-0.2, 0) is 0 Å². The first-order valence-electron chi connectivity index (χ1n) is 7.00. The molecule has 0 N–H and O–H groups in total. The maximum Gasteiger partial charge on any atom is 0.138 e. The molecule has 1 aliphatic carbocycles. The highest BCUT2D eigenvalue weighted by Gasteiger charge is 2.47. The van der Waals surface area contributed by atoms with E-state index in [0.717, 1.165) is 8.08 Å². The minimum Gasteiger partial charge on any atom is -0.224 e. The monoisotopic (exact) mass is 290 g/mol. The Hall–Kier alpha value is -0.640. The third kappa shape index (κ3) is 2.18. The van der Waals surface area contributed by atoms with Gasteiger partial charge >= 0.3 is 0 Å². The van der Waals surface area contributed by atoms with Gasteiger partial charge in [-0.25, -0.2) is 3.89 Å². The van der Waals surface area contributed by atoms with Crippen LogP contribution in [0.5, 0.6) is 0 Å². The molecule has 1 aromatic rings. The quantitative estimate of drug-likeness (QED) is 0.426. The van der Waals surface area contributed by atoms with E-state index in [0.29, 0.717) is 6.04 Å². The fraction of sp³-hybridized carbons (Fsp3) is 0.438. The Morgan fingerprint density at radius 1 is 1.16 bits per heavy atom. The first-order valence-corrected chi connectivity index (χ1v) is 8.19. The van der Waals surface area contributed by atoms with Crippen LogP contribution in [0.1, 0.15) is 44.2 Å². The molecule has 1 aromatic carbocycles. The maximum atomic E-state index is 5.62. The lowest BCUT2D eigenvalue weighted by atomic mass is 9.95. The number of nitrogens with zero attached hydrogens (tertiary/aromatic N) is 1. The van der Waals surface area contributed by atoms with E-state index in [-0.39, 0.29) is 0 Å². The van der Waals surface area contributed by atoms with E-state index in [1.807, 2.05) is 11.9 Å². The maximum absolute atomic E-state index is 5.62. The summed E-state index contributed by atoms with van der Waals surface area (Å²) in [5, 5.41) is 0. The fourth-order valence-corrected chi connectivity index (χ4v) is 5.16. The Morgan fingerprint density at radius 2 is 1.84 bits per heavy atom. The SMILES string of the molecule is CC(c1ccccc1)[N+]1(C)SC(=S)C2=C1CCCC2. The summed E-state index contributed by atoms with van der Waals surface area (Å²) >= 11 is 7.50. The van der Waals surface area contributed by atoms with E-state index in [1.54, 1.807) is 5.70 Å². The van der Waals surface area contributed by atoms with Crippen molar-refractivity contribution in [3.05, 3.63) is 47.2 Å². The lowest BCUT2D eigenvalue weighted by molar-refractivity contribution is -0.765. The molecule has 2 atom stereocenters. The van der Waals surface area contributed by atoms with Crippen molar-refractivity contribution in [3.8, 4) is 0 Å². The van der Waals surface area contributed by atoms with E-state index in [1.165, 1.54) is 36.8 Å². The predicted octanol–water partition coefficient (Wildman–Crippen LogP) is 5.01. The number of quaternary nitrogens is 1. The molecule has 0 aromatic heterocycles. The number of allylic oxidation sites excluding steroid dienone is 1. The molecule has 0 radical (unpaired) electrons. The van der Waals surface area contributed by atoms with Crippen LogP contribution in [0.2, 0.25) is 0 Å². The summed E-state index contributed by atoms with van der Waals surface area (Å²) in [7, 11) is 2.34. The van der Waals surface area contributed by atoms with E-state index in [2.05, 4.69) is 44.3 Å². The Labute approximate surface area is 125 Å². The van der Waals surface area contributed by atoms with Crippen LogP contribution >= 0.6 is 24.2 Å². The summed E-state index contributed by atoms with van der Waals surface area (Å²) in [6, 6.07) is 11.3. The van der Waals surface area contributed by atoms with Crippen LogP contribution in [0.3, 0.4) is 0 Å². The number of hydrogen-bond donors (Lipinski definition) is 0. The van der Waals surface area contributed by atoms with Gasteiger partial charge < -0.3 is 0 Å². The van der Waals surface area contributed by atoms with Crippen molar-refractivity contribution in [3.63, 3.8) is 0 Å². The third-order valence-corrected chi connectivity index (χ3v) is 6.31. The van der Waals surface area contributed by atoms with Crippen molar-refractivity contribution in [2.45, 2.75) is 38.6 Å². The first-order chi connectivity index (χ1) is 9.13. The van der Waals surface area contributed by atoms with E-state index >= 15 is 0 Å². The van der Waals surface area contributed by atoms with E-state index in [9.17, 15) is 0 Å². The molecule has 0 saturated carbocycles. The molecule has 1 heterocycles. The first kappa shape index (κ1) is 13.3. The van der Waals surface area contributed by atoms with Gasteiger partial charge in [-0.05, 0) is 26.2 Å². The molecule has 19 heavy (non-hydrogen) atoms. The molecule has 3 rings (SSSR count). The minimum atomic E-state index is 0.453. The van der Waals surface area contributed by atoms with Gasteiger partial charge in [0.05, 0.1) is 7.05 Å². The summed E-state index contributed by atoms with van der Waals surface area (Å²) < 4.78 is 2.07. The molecule has 3 heteroatoms. The average Bonchev–Trinajstić information content (AvgIpc) is 2.72. The van der Waals surface area contributed by atoms with Gasteiger partial charge in [0, 0.05) is 17.6 Å². The van der Waals surface area contributed by atoms with Gasteiger partial charge in [0.1, 0.15) is 27.9 Å². The minimum absolute atomic E-state index is 0.453. The van der Waals surface area contributed by atoms with Crippen LogP contribution in [0, 0.1) is 0 Å². The predicted molar refractivity (Wildman–Crippen MR) is 86.7 cm³/mol. The molecule has 100 valence electrons. The van der Waals surface area contributed by atoms with Crippen molar-refractivity contribution in [2.24, 2.45) is 0 Å². The van der Waals surface area contributed by atoms with Gasteiger partial charge in [-0.2, -0.15) is 0 Å². The van der Waals surface area contributed by atoms with Crippen LogP contribution in [-0.4, -0.2) is 15.1 Å². The second-order valence-electron chi connectivity index (χ2n) is 5.59. The van der Waals surface area contributed by atoms with Crippen molar-refractivity contribution < 1.29 is 3.89 Å². The molecule has 2 unspecified atom stereocenters. The molecular weight excluding hydrogens is 270 g/mol. The molecule has 1 aliphatic heterocycles. The highest BCUT2D eigenvalue weighted by molar-refractivity contribution is 8.20. The third-order valence-electron chi connectivity index (χ3n) is 4.51. The van der Waals surface area contributed by atoms with Gasteiger partial charge in [0.2, 0.25) is 0 Å². The lowest BCUT2D eigenvalue weighted by Crippen LogP contribution is -2.36. The molecule has 0 bridgehead atoms. The average molecular weight is 290 g/mol. The van der Waals surface area contributed by atoms with Crippen molar-refractivity contribution in [2.75, 3.05) is 7.05 Å². The fourth-order valence-electron chi connectivity index (χ4n) is 3.21. The van der Waals surface area contributed by atoms with Crippen LogP contribution < -0.4 is 0 Å². The van der Waals surface area contributed by atoms with E-state index < -0.39 is 0 Å². The number of thiocarbonyl (C=S) groups is 1. The zero-order chi connectivity index (χ0) is 13.5. The summed E-state index contributed by atoms with van der Waals surface area (Å²) in [5.41, 5.74) is 4.47. The van der Waals surface area contributed by atoms with Crippen LogP contribution in [0.15, 0.2) is 41.6 Å². The van der Waals surface area contributed by atoms with Gasteiger partial charge in [0.25, 0.3) is 0 Å². The van der Waals surface area contributed by atoms with Crippen LogP contribution in [0.25, 0.3) is 0 Å². The Bertz CT molecular complexity index is 535. The Morgan fingerprint density at radius 3 is 2.58 bits per heavy atom. The van der Waals surface area contributed by atoms with E-state index in [4.69, 9.17) is 12.2 Å². The zero-order valence-electron chi connectivity index (χ0n) is 11.6. The Kier molecular flexibility index (Phi) is 3.54. The van der Waals surface area contributed by atoms with Crippen molar-refractivity contribution in [1.29, 1.82) is 0 Å². The summed E-state index contributed by atoms with van der Waals surface area (Å²) in [4.78, 5) is 0. The standard InChI is InChI=1S/C16H20NS2/c1-12(13-8-4-3-5-9-13)17(2)15-11-7-6-10-14(15)16(18)19-17/h3-5,8-9,12H,6-7,10-11H2,1-2H3/q+1. The second kappa shape index (κ2) is 5.04. The molecule has 0 amide bonds. The van der Waals surface area contributed by atoms with Crippen LogP contribution in [0.4, 0.5) is 0 Å². The summed E-state index contributed by atoms with van der Waals surface area (Å²) in [5.74, 6) is 0. The number of hydrogen-bond acceptors (Lipinski definition) is 2. The van der Waals surface area contributed by atoms with Crippen molar-refractivity contribution >= 4 is 28.4 Å². The zero-order valence-corrected chi connectivity index (χ0v) is 13.2. The Balaban J connectivity index is 2.00. The highest BCUT2D eigenvalue weighted by Crippen LogP contribution is 2.52. The normalized spacial score (nSPS) is 28.4. The largest absolute Gasteiger partial charge is 0.224 e. The number of benzene rings is 1. The molecule has 0 fully saturated rings. The second-order valence-corrected chi connectivity index (χ2v) is 7.60. The summed E-state index contributed by atoms with van der Waals surface area (Å²) in [6.45, 7) is 2.33. The molecular formula is C16H20NS2+. The van der Waals surface area contributed by atoms with Gasteiger partial charge in [0.15, 0.2) is 0 Å². The van der Waals surface area contributed by atoms with Gasteiger partial charge in [-0.3, -0.25) is 0 Å². The smallest absolute Gasteiger partial charge is 0.138 e. The lowest BCUT2D eigenvalue weighted by Gasteiger charge is -2.36. The molecule has 0 saturated heterocycles.